The molecule has 7 nitrogen and oxygen atoms in total. The molecule has 1 N–H and O–H groups in total. The summed E-state index contributed by atoms with van der Waals surface area (Å²) in [5.41, 5.74) is 4.19. The van der Waals surface area contributed by atoms with E-state index in [1.165, 1.54) is 0 Å². The molecule has 0 aliphatic carbocycles. The number of carbonyl (C=O) groups excluding carboxylic acids is 2. The maximum atomic E-state index is 13.1. The van der Waals surface area contributed by atoms with Crippen LogP contribution >= 0.6 is 0 Å². The maximum Gasteiger partial charge on any atom is 0.244 e. The van der Waals surface area contributed by atoms with Crippen LogP contribution in [-0.2, 0) is 22.7 Å². The Morgan fingerprint density at radius 2 is 1.79 bits per heavy atom. The van der Waals surface area contributed by atoms with Crippen molar-refractivity contribution in [2.45, 2.75) is 32.9 Å². The molecule has 1 fully saturated rings. The van der Waals surface area contributed by atoms with Gasteiger partial charge in [0.15, 0.2) is 0 Å². The number of hydrogen-bond acceptors (Lipinski definition) is 4. The summed E-state index contributed by atoms with van der Waals surface area (Å²) in [5, 5.41) is 3.00. The van der Waals surface area contributed by atoms with Crippen LogP contribution in [0.3, 0.4) is 0 Å². The number of hydrogen-bond donors (Lipinski definition) is 1. The molecule has 0 radical (unpaired) electrons. The van der Waals surface area contributed by atoms with Crippen LogP contribution in [0.15, 0.2) is 72.8 Å². The minimum Gasteiger partial charge on any atom is -0.486 e. The van der Waals surface area contributed by atoms with E-state index in [0.717, 1.165) is 34.5 Å². The molecule has 2 heterocycles. The number of amides is 2. The topological polar surface area (TPSA) is 76.5 Å². The van der Waals surface area contributed by atoms with Gasteiger partial charge in [0.1, 0.15) is 24.7 Å². The molecular formula is C27H26N4O3. The van der Waals surface area contributed by atoms with Crippen molar-refractivity contribution in [1.82, 2.24) is 9.55 Å². The van der Waals surface area contributed by atoms with Crippen LogP contribution in [0.1, 0.15) is 24.2 Å². The van der Waals surface area contributed by atoms with Gasteiger partial charge in [-0.2, -0.15) is 0 Å². The Bertz CT molecular complexity index is 1340. The lowest BCUT2D eigenvalue weighted by Crippen LogP contribution is -2.26. The lowest BCUT2D eigenvalue weighted by Gasteiger charge is -2.20. The molecule has 0 bridgehead atoms. The van der Waals surface area contributed by atoms with E-state index in [1.807, 2.05) is 84.3 Å². The zero-order valence-corrected chi connectivity index (χ0v) is 19.0. The molecule has 5 rings (SSSR count). The molecule has 0 spiro atoms. The van der Waals surface area contributed by atoms with E-state index < -0.39 is 0 Å². The second kappa shape index (κ2) is 9.39. The molecule has 2 amide bonds. The zero-order chi connectivity index (χ0) is 23.5. The number of aromatic nitrogens is 2. The highest BCUT2D eigenvalue weighted by Gasteiger charge is 2.24. The van der Waals surface area contributed by atoms with Crippen molar-refractivity contribution in [1.29, 1.82) is 0 Å². The average Bonchev–Trinajstić information content (AvgIpc) is 3.42. The normalized spacial score (nSPS) is 13.4. The number of imidazole rings is 1. The Morgan fingerprint density at radius 1 is 1.03 bits per heavy atom. The van der Waals surface area contributed by atoms with Crippen LogP contribution in [0.25, 0.3) is 11.0 Å². The standard InChI is InChI=1S/C27H26N4O3/c1-19-12-14-20(15-13-19)34-18-25-28-21-7-2-5-10-24(21)31(25)17-26(32)29-22-8-3-4-9-23(22)30-16-6-11-27(30)33/h2-5,7-10,12-15H,6,11,16-18H2,1H3,(H,29,32). The third kappa shape index (κ3) is 4.50. The van der Waals surface area contributed by atoms with Gasteiger partial charge in [-0.3, -0.25) is 9.59 Å². The largest absolute Gasteiger partial charge is 0.486 e. The first-order valence-electron chi connectivity index (χ1n) is 11.4. The highest BCUT2D eigenvalue weighted by atomic mass is 16.5. The maximum absolute atomic E-state index is 13.1. The lowest BCUT2D eigenvalue weighted by molar-refractivity contribution is -0.117. The SMILES string of the molecule is Cc1ccc(OCc2nc3ccccc3n2CC(=O)Nc2ccccc2N2CCCC2=O)cc1. The highest BCUT2D eigenvalue weighted by Crippen LogP contribution is 2.29. The number of anilines is 2. The smallest absolute Gasteiger partial charge is 0.244 e. The Morgan fingerprint density at radius 3 is 2.59 bits per heavy atom. The van der Waals surface area contributed by atoms with Gasteiger partial charge in [0.2, 0.25) is 11.8 Å². The van der Waals surface area contributed by atoms with E-state index in [4.69, 9.17) is 9.72 Å². The van der Waals surface area contributed by atoms with Gasteiger partial charge >= 0.3 is 0 Å². The molecule has 1 aromatic heterocycles. The lowest BCUT2D eigenvalue weighted by atomic mass is 10.2. The van der Waals surface area contributed by atoms with Crippen molar-refractivity contribution in [2.75, 3.05) is 16.8 Å². The Labute approximate surface area is 198 Å². The Kier molecular flexibility index (Phi) is 5.99. The predicted molar refractivity (Wildman–Crippen MR) is 132 cm³/mol. The van der Waals surface area contributed by atoms with Crippen LogP contribution in [0.5, 0.6) is 5.75 Å². The van der Waals surface area contributed by atoms with Crippen molar-refractivity contribution in [3.8, 4) is 5.75 Å². The third-order valence-electron chi connectivity index (χ3n) is 5.97. The molecule has 172 valence electrons. The number of aryl methyl sites for hydroxylation is 1. The second-order valence-corrected chi connectivity index (χ2v) is 8.42. The summed E-state index contributed by atoms with van der Waals surface area (Å²) in [6, 6.07) is 23.0. The van der Waals surface area contributed by atoms with Gasteiger partial charge in [-0.05, 0) is 49.7 Å². The van der Waals surface area contributed by atoms with Gasteiger partial charge in [-0.1, -0.05) is 42.0 Å². The summed E-state index contributed by atoms with van der Waals surface area (Å²) in [4.78, 5) is 31.8. The molecule has 1 saturated heterocycles. The van der Waals surface area contributed by atoms with Gasteiger partial charge < -0.3 is 19.5 Å². The molecule has 7 heteroatoms. The van der Waals surface area contributed by atoms with E-state index in [1.54, 1.807) is 4.90 Å². The van der Waals surface area contributed by atoms with E-state index in [2.05, 4.69) is 5.32 Å². The predicted octanol–water partition coefficient (Wildman–Crippen LogP) is 4.69. The fourth-order valence-electron chi connectivity index (χ4n) is 4.25. The van der Waals surface area contributed by atoms with Crippen LogP contribution in [-0.4, -0.2) is 27.9 Å². The fourth-order valence-corrected chi connectivity index (χ4v) is 4.25. The average molecular weight is 455 g/mol. The monoisotopic (exact) mass is 454 g/mol. The van der Waals surface area contributed by atoms with Gasteiger partial charge in [0, 0.05) is 13.0 Å². The van der Waals surface area contributed by atoms with Crippen molar-refractivity contribution in [3.63, 3.8) is 0 Å². The number of para-hydroxylation sites is 4. The van der Waals surface area contributed by atoms with E-state index >= 15 is 0 Å². The van der Waals surface area contributed by atoms with Crippen molar-refractivity contribution in [2.24, 2.45) is 0 Å². The van der Waals surface area contributed by atoms with Gasteiger partial charge in [-0.25, -0.2) is 4.98 Å². The minimum absolute atomic E-state index is 0.0788. The summed E-state index contributed by atoms with van der Waals surface area (Å²) in [6.45, 7) is 3.01. The van der Waals surface area contributed by atoms with E-state index in [0.29, 0.717) is 24.5 Å². The summed E-state index contributed by atoms with van der Waals surface area (Å²) in [6.07, 6.45) is 1.36. The Hall–Kier alpha value is -4.13. The number of nitrogens with one attached hydrogen (secondary N) is 1. The number of ether oxygens (including phenoxy) is 1. The molecule has 0 unspecified atom stereocenters. The molecular weight excluding hydrogens is 428 g/mol. The first-order valence-corrected chi connectivity index (χ1v) is 11.4. The Balaban J connectivity index is 1.37. The quantitative estimate of drug-likeness (QED) is 0.440. The molecule has 1 aliphatic rings. The highest BCUT2D eigenvalue weighted by molar-refractivity contribution is 6.02. The summed E-state index contributed by atoms with van der Waals surface area (Å²) < 4.78 is 7.83. The van der Waals surface area contributed by atoms with Gasteiger partial charge in [-0.15, -0.1) is 0 Å². The zero-order valence-electron chi connectivity index (χ0n) is 19.0. The summed E-state index contributed by atoms with van der Waals surface area (Å²) in [7, 11) is 0. The van der Waals surface area contributed by atoms with Crippen LogP contribution < -0.4 is 15.0 Å². The fraction of sp³-hybridized carbons (Fsp3) is 0.222. The summed E-state index contributed by atoms with van der Waals surface area (Å²) >= 11 is 0. The number of nitrogens with zero attached hydrogens (tertiary/aromatic N) is 3. The van der Waals surface area contributed by atoms with Crippen LogP contribution in [0.2, 0.25) is 0 Å². The van der Waals surface area contributed by atoms with Crippen molar-refractivity contribution in [3.05, 3.63) is 84.2 Å². The third-order valence-corrected chi connectivity index (χ3v) is 5.97. The second-order valence-electron chi connectivity index (χ2n) is 8.42. The van der Waals surface area contributed by atoms with Crippen molar-refractivity contribution >= 4 is 34.2 Å². The molecule has 34 heavy (non-hydrogen) atoms. The van der Waals surface area contributed by atoms with Gasteiger partial charge in [0.05, 0.1) is 22.4 Å². The summed E-state index contributed by atoms with van der Waals surface area (Å²) in [5.74, 6) is 1.30. The molecule has 0 atom stereocenters. The van der Waals surface area contributed by atoms with Gasteiger partial charge in [0.25, 0.3) is 0 Å². The van der Waals surface area contributed by atoms with Crippen LogP contribution in [0.4, 0.5) is 11.4 Å². The molecule has 0 saturated carbocycles. The van der Waals surface area contributed by atoms with Crippen molar-refractivity contribution < 1.29 is 14.3 Å². The van der Waals surface area contributed by atoms with E-state index in [9.17, 15) is 9.59 Å². The molecule has 4 aromatic rings. The molecule has 3 aromatic carbocycles. The number of fused-ring (bicyclic) bond motifs is 1. The molecule has 1 aliphatic heterocycles. The van der Waals surface area contributed by atoms with Crippen LogP contribution in [0, 0.1) is 6.92 Å². The minimum atomic E-state index is -0.196. The van der Waals surface area contributed by atoms with E-state index in [-0.39, 0.29) is 25.0 Å². The first-order chi connectivity index (χ1) is 16.6. The number of benzene rings is 3. The first kappa shape index (κ1) is 21.7. The number of carbonyl (C=O) groups is 2. The number of rotatable bonds is 7.